The van der Waals surface area contributed by atoms with Gasteiger partial charge in [0.05, 0.1) is 0 Å². The minimum Gasteiger partial charge on any atom is -0.263 e. The fourth-order valence-electron chi connectivity index (χ4n) is 1.36. The average molecular weight is 234 g/mol. The van der Waals surface area contributed by atoms with Crippen molar-refractivity contribution < 1.29 is 8.42 Å². The number of aromatic nitrogens is 1. The number of pyridine rings is 1. The molecule has 0 unspecified atom stereocenters. The molecule has 0 aliphatic carbocycles. The van der Waals surface area contributed by atoms with Crippen molar-refractivity contribution in [1.82, 2.24) is 4.98 Å². The first kappa shape index (κ1) is 10.8. The Balaban J connectivity index is 2.53. The third-order valence-electron chi connectivity index (χ3n) is 2.15. The Labute approximate surface area is 93.8 Å². The predicted octanol–water partition coefficient (Wildman–Crippen LogP) is 1.40. The molecule has 1 aromatic heterocycles. The smallest absolute Gasteiger partial charge is 0.239 e. The molecular formula is C11H10N2O2S. The minimum atomic E-state index is -3.70. The highest BCUT2D eigenvalue weighted by molar-refractivity contribution is 7.89. The van der Waals surface area contributed by atoms with Crippen LogP contribution >= 0.6 is 0 Å². The first-order valence-corrected chi connectivity index (χ1v) is 6.15. The summed E-state index contributed by atoms with van der Waals surface area (Å²) in [7, 11) is -3.70. The van der Waals surface area contributed by atoms with Crippen LogP contribution in [-0.4, -0.2) is 13.4 Å². The number of benzene rings is 1. The fraction of sp³-hybridized carbons (Fsp3) is 0. The van der Waals surface area contributed by atoms with Crippen molar-refractivity contribution in [3.63, 3.8) is 0 Å². The fourth-order valence-corrected chi connectivity index (χ4v) is 1.86. The summed E-state index contributed by atoms with van der Waals surface area (Å²) in [6.07, 6.45) is 2.84. The summed E-state index contributed by atoms with van der Waals surface area (Å²) in [6.45, 7) is 0. The van der Waals surface area contributed by atoms with Gasteiger partial charge in [0.2, 0.25) is 10.0 Å². The Bertz CT molecular complexity index is 594. The molecule has 82 valence electrons. The van der Waals surface area contributed by atoms with Crippen molar-refractivity contribution in [3.8, 4) is 11.1 Å². The zero-order chi connectivity index (χ0) is 11.6. The number of sulfonamides is 1. The van der Waals surface area contributed by atoms with E-state index in [-0.39, 0.29) is 4.90 Å². The largest absolute Gasteiger partial charge is 0.263 e. The molecule has 0 amide bonds. The van der Waals surface area contributed by atoms with Gasteiger partial charge in [0, 0.05) is 18.0 Å². The van der Waals surface area contributed by atoms with Gasteiger partial charge in [-0.05, 0) is 11.6 Å². The molecule has 1 aromatic carbocycles. The van der Waals surface area contributed by atoms with E-state index in [9.17, 15) is 8.42 Å². The van der Waals surface area contributed by atoms with Gasteiger partial charge in [-0.3, -0.25) is 4.98 Å². The standard InChI is InChI=1S/C11H10N2O2S/c12-16(14,15)11-6-10(7-13-8-11)9-4-2-1-3-5-9/h1-8H,(H2,12,14,15). The van der Waals surface area contributed by atoms with E-state index in [1.54, 1.807) is 6.20 Å². The second-order valence-corrected chi connectivity index (χ2v) is 4.88. The molecule has 0 aliphatic rings. The second kappa shape index (κ2) is 4.03. The van der Waals surface area contributed by atoms with Crippen LogP contribution in [0.2, 0.25) is 0 Å². The van der Waals surface area contributed by atoms with Crippen molar-refractivity contribution in [2.45, 2.75) is 4.90 Å². The van der Waals surface area contributed by atoms with E-state index in [0.717, 1.165) is 11.1 Å². The van der Waals surface area contributed by atoms with Crippen LogP contribution in [0.4, 0.5) is 0 Å². The Morgan fingerprint density at radius 2 is 1.69 bits per heavy atom. The Morgan fingerprint density at radius 1 is 1.00 bits per heavy atom. The van der Waals surface area contributed by atoms with Gasteiger partial charge in [0.15, 0.2) is 0 Å². The lowest BCUT2D eigenvalue weighted by Gasteiger charge is -2.02. The third kappa shape index (κ3) is 2.26. The van der Waals surface area contributed by atoms with Gasteiger partial charge in [-0.25, -0.2) is 13.6 Å². The van der Waals surface area contributed by atoms with E-state index in [4.69, 9.17) is 5.14 Å². The predicted molar refractivity (Wildman–Crippen MR) is 61.0 cm³/mol. The monoisotopic (exact) mass is 234 g/mol. The summed E-state index contributed by atoms with van der Waals surface area (Å²) >= 11 is 0. The summed E-state index contributed by atoms with van der Waals surface area (Å²) < 4.78 is 22.3. The van der Waals surface area contributed by atoms with Gasteiger partial charge >= 0.3 is 0 Å². The SMILES string of the molecule is NS(=O)(=O)c1cncc(-c2ccccc2)c1. The molecule has 16 heavy (non-hydrogen) atoms. The molecule has 0 fully saturated rings. The van der Waals surface area contributed by atoms with Crippen LogP contribution in [0.1, 0.15) is 0 Å². The highest BCUT2D eigenvalue weighted by Crippen LogP contribution is 2.19. The molecule has 2 rings (SSSR count). The number of nitrogens with zero attached hydrogens (tertiary/aromatic N) is 1. The minimum absolute atomic E-state index is 0.0221. The molecular weight excluding hydrogens is 224 g/mol. The van der Waals surface area contributed by atoms with Crippen molar-refractivity contribution >= 4 is 10.0 Å². The molecule has 0 bridgehead atoms. The Hall–Kier alpha value is -1.72. The van der Waals surface area contributed by atoms with Gasteiger partial charge in [0.25, 0.3) is 0 Å². The van der Waals surface area contributed by atoms with Crippen molar-refractivity contribution in [2.75, 3.05) is 0 Å². The second-order valence-electron chi connectivity index (χ2n) is 3.32. The number of rotatable bonds is 2. The first-order valence-electron chi connectivity index (χ1n) is 4.60. The van der Waals surface area contributed by atoms with E-state index >= 15 is 0 Å². The molecule has 0 saturated heterocycles. The summed E-state index contributed by atoms with van der Waals surface area (Å²) in [4.78, 5) is 3.89. The average Bonchev–Trinajstić information content (AvgIpc) is 2.29. The van der Waals surface area contributed by atoms with Gasteiger partial charge in [0.1, 0.15) is 4.90 Å². The highest BCUT2D eigenvalue weighted by atomic mass is 32.2. The summed E-state index contributed by atoms with van der Waals surface area (Å²) in [5, 5.41) is 5.04. The molecule has 0 atom stereocenters. The number of nitrogens with two attached hydrogens (primary N) is 1. The van der Waals surface area contributed by atoms with Crippen LogP contribution in [0.25, 0.3) is 11.1 Å². The lowest BCUT2D eigenvalue weighted by molar-refractivity contribution is 0.597. The summed E-state index contributed by atoms with van der Waals surface area (Å²) in [6, 6.07) is 10.9. The van der Waals surface area contributed by atoms with Crippen LogP contribution < -0.4 is 5.14 Å². The number of hydrogen-bond acceptors (Lipinski definition) is 3. The maximum Gasteiger partial charge on any atom is 0.239 e. The maximum atomic E-state index is 11.2. The normalized spacial score (nSPS) is 11.3. The van der Waals surface area contributed by atoms with Crippen molar-refractivity contribution in [2.24, 2.45) is 5.14 Å². The highest BCUT2D eigenvalue weighted by Gasteiger charge is 2.09. The van der Waals surface area contributed by atoms with E-state index in [1.807, 2.05) is 30.3 Å². The summed E-state index contributed by atoms with van der Waals surface area (Å²) in [5.74, 6) is 0. The first-order chi connectivity index (χ1) is 7.57. The van der Waals surface area contributed by atoms with Crippen molar-refractivity contribution in [1.29, 1.82) is 0 Å². The van der Waals surface area contributed by atoms with Crippen LogP contribution in [0, 0.1) is 0 Å². The van der Waals surface area contributed by atoms with Crippen LogP contribution in [0.15, 0.2) is 53.7 Å². The van der Waals surface area contributed by atoms with Gasteiger partial charge in [-0.15, -0.1) is 0 Å². The lowest BCUT2D eigenvalue weighted by atomic mass is 10.1. The molecule has 4 nitrogen and oxygen atoms in total. The lowest BCUT2D eigenvalue weighted by Crippen LogP contribution is -2.12. The third-order valence-corrected chi connectivity index (χ3v) is 3.03. The van der Waals surface area contributed by atoms with Crippen LogP contribution in [0.3, 0.4) is 0 Å². The van der Waals surface area contributed by atoms with Crippen molar-refractivity contribution in [3.05, 3.63) is 48.8 Å². The zero-order valence-electron chi connectivity index (χ0n) is 8.37. The van der Waals surface area contributed by atoms with Crippen LogP contribution in [0.5, 0.6) is 0 Å². The van der Waals surface area contributed by atoms with Gasteiger partial charge in [-0.1, -0.05) is 30.3 Å². The Morgan fingerprint density at radius 3 is 2.31 bits per heavy atom. The zero-order valence-corrected chi connectivity index (χ0v) is 9.18. The number of hydrogen-bond donors (Lipinski definition) is 1. The summed E-state index contributed by atoms with van der Waals surface area (Å²) in [5.41, 5.74) is 1.63. The van der Waals surface area contributed by atoms with Gasteiger partial charge < -0.3 is 0 Å². The maximum absolute atomic E-state index is 11.2. The van der Waals surface area contributed by atoms with E-state index in [1.165, 1.54) is 12.3 Å². The molecule has 0 radical (unpaired) electrons. The number of primary sulfonamides is 1. The molecule has 0 spiro atoms. The molecule has 1 heterocycles. The van der Waals surface area contributed by atoms with E-state index in [0.29, 0.717) is 0 Å². The molecule has 0 saturated carbocycles. The van der Waals surface area contributed by atoms with E-state index in [2.05, 4.69) is 4.98 Å². The molecule has 5 heteroatoms. The van der Waals surface area contributed by atoms with Gasteiger partial charge in [-0.2, -0.15) is 0 Å². The van der Waals surface area contributed by atoms with E-state index < -0.39 is 10.0 Å². The molecule has 0 aliphatic heterocycles. The molecule has 2 N–H and O–H groups in total. The quantitative estimate of drug-likeness (QED) is 0.853. The molecule has 2 aromatic rings. The van der Waals surface area contributed by atoms with Crippen LogP contribution in [-0.2, 0) is 10.0 Å². The Kier molecular flexibility index (Phi) is 2.72. The topological polar surface area (TPSA) is 73.1 Å².